The topological polar surface area (TPSA) is 38.3 Å². The molecule has 0 aliphatic carbocycles. The zero-order valence-electron chi connectivity index (χ0n) is 12.1. The Balaban J connectivity index is 1.90. The minimum atomic E-state index is -0.397. The summed E-state index contributed by atoms with van der Waals surface area (Å²) in [6, 6.07) is 7.31. The summed E-state index contributed by atoms with van der Waals surface area (Å²) in [5, 5.41) is 4.01. The van der Waals surface area contributed by atoms with Crippen LogP contribution in [0.5, 0.6) is 0 Å². The van der Waals surface area contributed by atoms with Gasteiger partial charge < -0.3 is 10.1 Å². The Bertz CT molecular complexity index is 450. The van der Waals surface area contributed by atoms with Crippen molar-refractivity contribution >= 4 is 17.6 Å². The highest BCUT2D eigenvalue weighted by Crippen LogP contribution is 2.29. The standard InChI is InChI=1S/C16H22ClNO2/c1-16(2,13-7-9-18-10-8-13)20-15(19)11-12-3-5-14(17)6-4-12/h3-6,13,18H,7-11H2,1-2H3. The highest BCUT2D eigenvalue weighted by Gasteiger charge is 2.33. The van der Waals surface area contributed by atoms with Crippen molar-refractivity contribution in [1.82, 2.24) is 5.32 Å². The molecule has 1 aromatic carbocycles. The molecule has 2 rings (SSSR count). The van der Waals surface area contributed by atoms with Gasteiger partial charge in [0.15, 0.2) is 0 Å². The van der Waals surface area contributed by atoms with Gasteiger partial charge in [-0.25, -0.2) is 0 Å². The number of hydrogen-bond acceptors (Lipinski definition) is 3. The van der Waals surface area contributed by atoms with Crippen LogP contribution in [0.1, 0.15) is 32.3 Å². The van der Waals surface area contributed by atoms with Crippen molar-refractivity contribution in [2.75, 3.05) is 13.1 Å². The van der Waals surface area contributed by atoms with Crippen LogP contribution in [-0.4, -0.2) is 24.7 Å². The predicted molar refractivity (Wildman–Crippen MR) is 80.9 cm³/mol. The van der Waals surface area contributed by atoms with Gasteiger partial charge in [-0.15, -0.1) is 0 Å². The van der Waals surface area contributed by atoms with Crippen molar-refractivity contribution in [3.05, 3.63) is 34.9 Å². The van der Waals surface area contributed by atoms with Gasteiger partial charge in [0, 0.05) is 10.9 Å². The Morgan fingerprint density at radius 1 is 1.30 bits per heavy atom. The lowest BCUT2D eigenvalue weighted by atomic mass is 9.83. The first-order valence-electron chi connectivity index (χ1n) is 7.14. The summed E-state index contributed by atoms with van der Waals surface area (Å²) < 4.78 is 5.71. The minimum absolute atomic E-state index is 0.171. The minimum Gasteiger partial charge on any atom is -0.459 e. The molecular formula is C16H22ClNO2. The van der Waals surface area contributed by atoms with Gasteiger partial charge in [0.2, 0.25) is 0 Å². The number of halogens is 1. The third-order valence-electron chi connectivity index (χ3n) is 3.96. The average molecular weight is 296 g/mol. The first kappa shape index (κ1) is 15.3. The predicted octanol–water partition coefficient (Wildman–Crippen LogP) is 3.20. The van der Waals surface area contributed by atoms with E-state index < -0.39 is 5.60 Å². The molecule has 1 fully saturated rings. The second-order valence-corrected chi connectivity index (χ2v) is 6.34. The molecule has 1 saturated heterocycles. The third kappa shape index (κ3) is 4.22. The van der Waals surface area contributed by atoms with Crippen LogP contribution < -0.4 is 5.32 Å². The number of rotatable bonds is 4. The van der Waals surface area contributed by atoms with Crippen LogP contribution in [0.4, 0.5) is 0 Å². The van der Waals surface area contributed by atoms with Gasteiger partial charge in [-0.1, -0.05) is 23.7 Å². The summed E-state index contributed by atoms with van der Waals surface area (Å²) >= 11 is 5.83. The quantitative estimate of drug-likeness (QED) is 0.867. The van der Waals surface area contributed by atoms with Crippen LogP contribution >= 0.6 is 11.6 Å². The Morgan fingerprint density at radius 2 is 1.90 bits per heavy atom. The highest BCUT2D eigenvalue weighted by molar-refractivity contribution is 6.30. The monoisotopic (exact) mass is 295 g/mol. The number of carbonyl (C=O) groups excluding carboxylic acids is 1. The fraction of sp³-hybridized carbons (Fsp3) is 0.562. The molecule has 20 heavy (non-hydrogen) atoms. The van der Waals surface area contributed by atoms with Gasteiger partial charge in [0.25, 0.3) is 0 Å². The molecule has 0 amide bonds. The molecule has 4 heteroatoms. The van der Waals surface area contributed by atoms with E-state index in [1.54, 1.807) is 12.1 Å². The van der Waals surface area contributed by atoms with Gasteiger partial charge in [-0.3, -0.25) is 4.79 Å². The lowest BCUT2D eigenvalue weighted by Crippen LogP contribution is -2.43. The van der Waals surface area contributed by atoms with E-state index in [9.17, 15) is 4.79 Å². The molecule has 0 aromatic heterocycles. The molecule has 1 aromatic rings. The molecule has 1 aliphatic heterocycles. The van der Waals surface area contributed by atoms with Crippen molar-refractivity contribution in [1.29, 1.82) is 0 Å². The van der Waals surface area contributed by atoms with Crippen LogP contribution in [0, 0.1) is 5.92 Å². The fourth-order valence-electron chi connectivity index (χ4n) is 2.70. The van der Waals surface area contributed by atoms with Crippen LogP contribution in [0.25, 0.3) is 0 Å². The number of nitrogens with one attached hydrogen (secondary N) is 1. The highest BCUT2D eigenvalue weighted by atomic mass is 35.5. The molecule has 0 radical (unpaired) electrons. The molecule has 1 aliphatic rings. The Hall–Kier alpha value is -1.06. The van der Waals surface area contributed by atoms with Crippen molar-refractivity contribution in [2.45, 2.75) is 38.7 Å². The summed E-state index contributed by atoms with van der Waals surface area (Å²) in [5.74, 6) is 0.258. The summed E-state index contributed by atoms with van der Waals surface area (Å²) in [6.45, 7) is 6.04. The molecule has 1 N–H and O–H groups in total. The number of carbonyl (C=O) groups is 1. The van der Waals surface area contributed by atoms with Crippen molar-refractivity contribution < 1.29 is 9.53 Å². The van der Waals surface area contributed by atoms with E-state index in [-0.39, 0.29) is 5.97 Å². The van der Waals surface area contributed by atoms with Crippen LogP contribution in [0.3, 0.4) is 0 Å². The average Bonchev–Trinajstić information content (AvgIpc) is 2.42. The number of hydrogen-bond donors (Lipinski definition) is 1. The molecular weight excluding hydrogens is 274 g/mol. The maximum absolute atomic E-state index is 12.1. The smallest absolute Gasteiger partial charge is 0.310 e. The van der Waals surface area contributed by atoms with E-state index in [0.717, 1.165) is 31.5 Å². The summed E-state index contributed by atoms with van der Waals surface area (Å²) in [7, 11) is 0. The molecule has 0 atom stereocenters. The molecule has 0 unspecified atom stereocenters. The number of esters is 1. The number of ether oxygens (including phenoxy) is 1. The van der Waals surface area contributed by atoms with E-state index in [4.69, 9.17) is 16.3 Å². The molecule has 0 saturated carbocycles. The van der Waals surface area contributed by atoms with Gasteiger partial charge in [0.05, 0.1) is 6.42 Å². The van der Waals surface area contributed by atoms with Crippen molar-refractivity contribution in [3.8, 4) is 0 Å². The van der Waals surface area contributed by atoms with Gasteiger partial charge >= 0.3 is 5.97 Å². The van der Waals surface area contributed by atoms with E-state index in [1.807, 2.05) is 26.0 Å². The Morgan fingerprint density at radius 3 is 2.50 bits per heavy atom. The maximum Gasteiger partial charge on any atom is 0.310 e. The van der Waals surface area contributed by atoms with E-state index >= 15 is 0 Å². The molecule has 1 heterocycles. The summed E-state index contributed by atoms with van der Waals surface area (Å²) in [6.07, 6.45) is 2.41. The third-order valence-corrected chi connectivity index (χ3v) is 4.21. The molecule has 3 nitrogen and oxygen atoms in total. The lowest BCUT2D eigenvalue weighted by molar-refractivity contribution is -0.161. The van der Waals surface area contributed by atoms with E-state index in [0.29, 0.717) is 17.4 Å². The van der Waals surface area contributed by atoms with Crippen LogP contribution in [-0.2, 0) is 16.0 Å². The first-order chi connectivity index (χ1) is 9.47. The maximum atomic E-state index is 12.1. The van der Waals surface area contributed by atoms with Crippen LogP contribution in [0.2, 0.25) is 5.02 Å². The van der Waals surface area contributed by atoms with Gasteiger partial charge in [0.1, 0.15) is 5.60 Å². The molecule has 0 spiro atoms. The number of benzene rings is 1. The summed E-state index contributed by atoms with van der Waals surface area (Å²) in [4.78, 5) is 12.1. The van der Waals surface area contributed by atoms with Crippen molar-refractivity contribution in [3.63, 3.8) is 0 Å². The molecule has 110 valence electrons. The second-order valence-electron chi connectivity index (χ2n) is 5.91. The number of piperidine rings is 1. The lowest BCUT2D eigenvalue weighted by Gasteiger charge is -2.36. The SMILES string of the molecule is CC(C)(OC(=O)Cc1ccc(Cl)cc1)C1CCNCC1. The Kier molecular flexibility index (Phi) is 5.06. The second kappa shape index (κ2) is 6.59. The van der Waals surface area contributed by atoms with E-state index in [2.05, 4.69) is 5.32 Å². The first-order valence-corrected chi connectivity index (χ1v) is 7.52. The van der Waals surface area contributed by atoms with Crippen LogP contribution in [0.15, 0.2) is 24.3 Å². The van der Waals surface area contributed by atoms with Gasteiger partial charge in [-0.05, 0) is 57.5 Å². The van der Waals surface area contributed by atoms with E-state index in [1.165, 1.54) is 0 Å². The zero-order valence-corrected chi connectivity index (χ0v) is 12.9. The zero-order chi connectivity index (χ0) is 14.6. The summed E-state index contributed by atoms with van der Waals surface area (Å²) in [5.41, 5.74) is 0.534. The largest absolute Gasteiger partial charge is 0.459 e. The molecule has 0 bridgehead atoms. The van der Waals surface area contributed by atoms with Gasteiger partial charge in [-0.2, -0.15) is 0 Å². The van der Waals surface area contributed by atoms with Crippen molar-refractivity contribution in [2.24, 2.45) is 5.92 Å². The fourth-order valence-corrected chi connectivity index (χ4v) is 2.82. The Labute approximate surface area is 125 Å². The normalized spacial score (nSPS) is 16.9.